The van der Waals surface area contributed by atoms with E-state index >= 15 is 0 Å². The molecule has 2 saturated heterocycles. The highest BCUT2D eigenvalue weighted by Gasteiger charge is 2.38. The molecule has 2 heterocycles. The maximum Gasteiger partial charge on any atom is 0.423 e. The van der Waals surface area contributed by atoms with Crippen LogP contribution in [-0.4, -0.2) is 77.5 Å². The van der Waals surface area contributed by atoms with Crippen LogP contribution in [0.4, 0.5) is 29.3 Å². The van der Waals surface area contributed by atoms with Gasteiger partial charge in [0.05, 0.1) is 4.92 Å². The van der Waals surface area contributed by atoms with Crippen molar-refractivity contribution in [3.63, 3.8) is 0 Å². The Hall–Kier alpha value is -2.56. The fourth-order valence-corrected chi connectivity index (χ4v) is 6.12. The molecule has 0 spiro atoms. The van der Waals surface area contributed by atoms with Gasteiger partial charge in [-0.2, -0.15) is 13.2 Å². The number of urea groups is 1. The van der Waals surface area contributed by atoms with Crippen LogP contribution < -0.4 is 5.32 Å². The molecular weight excluding hydrogens is 487 g/mol. The zero-order chi connectivity index (χ0) is 26.6. The number of piperidine rings is 2. The van der Waals surface area contributed by atoms with E-state index in [2.05, 4.69) is 10.2 Å². The number of carbonyl (C=O) groups is 1. The number of amides is 2. The van der Waals surface area contributed by atoms with Gasteiger partial charge in [0.15, 0.2) is 0 Å². The van der Waals surface area contributed by atoms with E-state index in [4.69, 9.17) is 0 Å². The van der Waals surface area contributed by atoms with Crippen LogP contribution in [0, 0.1) is 16.0 Å². The van der Waals surface area contributed by atoms with Gasteiger partial charge in [0.1, 0.15) is 5.56 Å². The molecule has 1 saturated carbocycles. The first-order valence-electron chi connectivity index (χ1n) is 13.5. The van der Waals surface area contributed by atoms with Crippen molar-refractivity contribution in [1.82, 2.24) is 14.7 Å². The summed E-state index contributed by atoms with van der Waals surface area (Å²) in [6.07, 6.45) is 5.31. The summed E-state index contributed by atoms with van der Waals surface area (Å²) in [5.41, 5.74) is -2.03. The average Bonchev–Trinajstić information content (AvgIpc) is 2.89. The molecule has 1 N–H and O–H groups in total. The molecular formula is C26H38F3N5O3. The van der Waals surface area contributed by atoms with E-state index in [1.165, 1.54) is 38.2 Å². The highest BCUT2D eigenvalue weighted by Crippen LogP contribution is 2.38. The fraction of sp³-hybridized carbons (Fsp3) is 0.731. The highest BCUT2D eigenvalue weighted by atomic mass is 19.4. The summed E-state index contributed by atoms with van der Waals surface area (Å²) in [5, 5.41) is 14.0. The highest BCUT2D eigenvalue weighted by molar-refractivity contribution is 5.74. The van der Waals surface area contributed by atoms with E-state index in [1.807, 2.05) is 16.8 Å². The molecule has 0 radical (unpaired) electrons. The standard InChI is InChI=1S/C26H38F3N5O3/c1-31(18-19-9-13-32(14-10-19)22-5-3-2-4-6-22)25(35)33-15-11-20(12-16-33)30-21-7-8-24(34(36)37)23(17-21)26(27,28)29/h7-8,17,19-20,22,30H,2-6,9-16,18H2,1H3. The van der Waals surface area contributed by atoms with Crippen LogP contribution in [0.3, 0.4) is 0 Å². The number of nitro benzene ring substituents is 1. The Bertz CT molecular complexity index is 938. The molecule has 0 unspecified atom stereocenters. The van der Waals surface area contributed by atoms with Crippen LogP contribution in [-0.2, 0) is 6.18 Å². The summed E-state index contributed by atoms with van der Waals surface area (Å²) in [7, 11) is 1.86. The predicted molar refractivity (Wildman–Crippen MR) is 136 cm³/mol. The number of anilines is 1. The van der Waals surface area contributed by atoms with E-state index in [-0.39, 0.29) is 17.8 Å². The molecule has 1 aromatic rings. The topological polar surface area (TPSA) is 82.0 Å². The first-order chi connectivity index (χ1) is 17.6. The number of nitrogens with one attached hydrogen (secondary N) is 1. The first-order valence-corrected chi connectivity index (χ1v) is 13.5. The van der Waals surface area contributed by atoms with Gasteiger partial charge in [0, 0.05) is 50.5 Å². The van der Waals surface area contributed by atoms with Crippen molar-refractivity contribution in [2.75, 3.05) is 45.1 Å². The Labute approximate surface area is 216 Å². The van der Waals surface area contributed by atoms with E-state index < -0.39 is 22.4 Å². The van der Waals surface area contributed by atoms with Gasteiger partial charge < -0.3 is 20.0 Å². The second-order valence-corrected chi connectivity index (χ2v) is 10.8. The van der Waals surface area contributed by atoms with Gasteiger partial charge in [0.2, 0.25) is 0 Å². The summed E-state index contributed by atoms with van der Waals surface area (Å²) in [6.45, 7) is 4.01. The van der Waals surface area contributed by atoms with Crippen LogP contribution in [0.25, 0.3) is 0 Å². The van der Waals surface area contributed by atoms with Gasteiger partial charge in [-0.25, -0.2) is 4.79 Å². The Morgan fingerprint density at radius 1 is 1.05 bits per heavy atom. The Morgan fingerprint density at radius 3 is 2.30 bits per heavy atom. The van der Waals surface area contributed by atoms with Crippen molar-refractivity contribution in [3.05, 3.63) is 33.9 Å². The Kier molecular flexibility index (Phi) is 8.82. The Balaban J connectivity index is 1.22. The molecule has 1 aromatic carbocycles. The number of hydrogen-bond donors (Lipinski definition) is 1. The molecule has 11 heteroatoms. The molecule has 0 bridgehead atoms. The van der Waals surface area contributed by atoms with Gasteiger partial charge >= 0.3 is 12.2 Å². The average molecular weight is 526 g/mol. The lowest BCUT2D eigenvalue weighted by Gasteiger charge is -2.41. The van der Waals surface area contributed by atoms with Crippen molar-refractivity contribution >= 4 is 17.4 Å². The van der Waals surface area contributed by atoms with Crippen LogP contribution in [0.1, 0.15) is 63.4 Å². The maximum absolute atomic E-state index is 13.3. The van der Waals surface area contributed by atoms with Crippen LogP contribution in [0.15, 0.2) is 18.2 Å². The number of nitro groups is 1. The SMILES string of the molecule is CN(CC1CCN(C2CCCCC2)CC1)C(=O)N1CCC(Nc2ccc([N+](=O)[O-])c(C(F)(F)F)c2)CC1. The minimum atomic E-state index is -4.81. The molecule has 2 amide bonds. The zero-order valence-electron chi connectivity index (χ0n) is 21.5. The third-order valence-corrected chi connectivity index (χ3v) is 8.23. The lowest BCUT2D eigenvalue weighted by molar-refractivity contribution is -0.388. The second-order valence-electron chi connectivity index (χ2n) is 10.8. The van der Waals surface area contributed by atoms with Gasteiger partial charge in [-0.15, -0.1) is 0 Å². The van der Waals surface area contributed by atoms with Crippen molar-refractivity contribution in [2.45, 2.75) is 76.0 Å². The Morgan fingerprint density at radius 2 is 1.70 bits per heavy atom. The minimum absolute atomic E-state index is 0.00264. The van der Waals surface area contributed by atoms with Gasteiger partial charge in [-0.05, 0) is 69.7 Å². The van der Waals surface area contributed by atoms with Gasteiger partial charge in [0.25, 0.3) is 5.69 Å². The summed E-state index contributed by atoms with van der Waals surface area (Å²) >= 11 is 0. The first kappa shape index (κ1) is 27.5. The number of hydrogen-bond acceptors (Lipinski definition) is 5. The number of carbonyl (C=O) groups excluding carboxylic acids is 1. The lowest BCUT2D eigenvalue weighted by atomic mass is 9.90. The minimum Gasteiger partial charge on any atom is -0.382 e. The molecule has 1 aliphatic carbocycles. The van der Waals surface area contributed by atoms with Crippen LogP contribution in [0.2, 0.25) is 0 Å². The number of benzene rings is 1. The van der Waals surface area contributed by atoms with E-state index in [1.54, 1.807) is 0 Å². The number of halogens is 3. The van der Waals surface area contributed by atoms with E-state index in [9.17, 15) is 28.1 Å². The molecule has 37 heavy (non-hydrogen) atoms. The number of rotatable bonds is 6. The third-order valence-electron chi connectivity index (χ3n) is 8.23. The monoisotopic (exact) mass is 525 g/mol. The number of nitrogens with zero attached hydrogens (tertiary/aromatic N) is 4. The van der Waals surface area contributed by atoms with Gasteiger partial charge in [-0.1, -0.05) is 19.3 Å². The predicted octanol–water partition coefficient (Wildman–Crippen LogP) is 5.59. The van der Waals surface area contributed by atoms with E-state index in [0.717, 1.165) is 50.7 Å². The lowest BCUT2D eigenvalue weighted by Crippen LogP contribution is -2.49. The normalized spacial score (nSPS) is 21.1. The summed E-state index contributed by atoms with van der Waals surface area (Å²) in [4.78, 5) is 29.3. The molecule has 3 fully saturated rings. The summed E-state index contributed by atoms with van der Waals surface area (Å²) < 4.78 is 39.8. The maximum atomic E-state index is 13.3. The second kappa shape index (κ2) is 11.9. The van der Waals surface area contributed by atoms with Crippen LogP contribution >= 0.6 is 0 Å². The van der Waals surface area contributed by atoms with Crippen molar-refractivity contribution in [3.8, 4) is 0 Å². The van der Waals surface area contributed by atoms with Crippen molar-refractivity contribution < 1.29 is 22.9 Å². The van der Waals surface area contributed by atoms with Gasteiger partial charge in [-0.3, -0.25) is 10.1 Å². The molecule has 206 valence electrons. The van der Waals surface area contributed by atoms with Crippen molar-refractivity contribution in [2.24, 2.45) is 5.92 Å². The molecule has 4 rings (SSSR count). The molecule has 0 aromatic heterocycles. The number of likely N-dealkylation sites (tertiary alicyclic amines) is 2. The smallest absolute Gasteiger partial charge is 0.382 e. The molecule has 3 aliphatic rings. The molecule has 0 atom stereocenters. The largest absolute Gasteiger partial charge is 0.423 e. The van der Waals surface area contributed by atoms with Crippen molar-refractivity contribution in [1.29, 1.82) is 0 Å². The van der Waals surface area contributed by atoms with Crippen LogP contribution in [0.5, 0.6) is 0 Å². The zero-order valence-corrected chi connectivity index (χ0v) is 21.5. The molecule has 8 nitrogen and oxygen atoms in total. The quantitative estimate of drug-likeness (QED) is 0.387. The summed E-state index contributed by atoms with van der Waals surface area (Å²) in [5.74, 6) is 0.512. The number of alkyl halides is 3. The van der Waals surface area contributed by atoms with E-state index in [0.29, 0.717) is 31.8 Å². The third kappa shape index (κ3) is 7.06. The molecule has 2 aliphatic heterocycles. The summed E-state index contributed by atoms with van der Waals surface area (Å²) in [6, 6.07) is 3.62. The fourth-order valence-electron chi connectivity index (χ4n) is 6.12.